The second-order valence-electron chi connectivity index (χ2n) is 5.87. The van der Waals surface area contributed by atoms with Crippen LogP contribution in [0.4, 0.5) is 0 Å². The molecule has 136 valence electrons. The number of amides is 1. The zero-order valence-electron chi connectivity index (χ0n) is 14.7. The quantitative estimate of drug-likeness (QED) is 0.571. The lowest BCUT2D eigenvalue weighted by molar-refractivity contribution is -0.115. The molecule has 0 aliphatic heterocycles. The monoisotopic (exact) mass is 388 g/mol. The number of carbonyl (C=O) groups is 1. The van der Waals surface area contributed by atoms with Crippen LogP contribution in [0.15, 0.2) is 54.6 Å². The van der Waals surface area contributed by atoms with Crippen molar-refractivity contribution in [1.29, 1.82) is 0 Å². The molecule has 0 aliphatic rings. The van der Waals surface area contributed by atoms with Gasteiger partial charge in [-0.05, 0) is 67.5 Å². The number of benzene rings is 2. The average molecular weight is 389 g/mol. The molecule has 0 aromatic heterocycles. The first-order valence-electron chi connectivity index (χ1n) is 8.20. The van der Waals surface area contributed by atoms with Crippen LogP contribution in [0, 0.1) is 0 Å². The highest BCUT2D eigenvalue weighted by Gasteiger charge is 2.02. The number of ether oxygens (including phenoxy) is 1. The minimum absolute atomic E-state index is 0.141. The van der Waals surface area contributed by atoms with Gasteiger partial charge in [-0.3, -0.25) is 10.1 Å². The van der Waals surface area contributed by atoms with Gasteiger partial charge in [0.25, 0.3) is 0 Å². The van der Waals surface area contributed by atoms with E-state index in [-0.39, 0.29) is 17.1 Å². The van der Waals surface area contributed by atoms with Crippen molar-refractivity contribution in [3.63, 3.8) is 0 Å². The summed E-state index contributed by atoms with van der Waals surface area (Å²) >= 11 is 11.0. The van der Waals surface area contributed by atoms with Crippen molar-refractivity contribution < 1.29 is 9.53 Å². The van der Waals surface area contributed by atoms with Gasteiger partial charge in [0.1, 0.15) is 5.75 Å². The number of nitrogens with one attached hydrogen (secondary N) is 2. The van der Waals surface area contributed by atoms with E-state index in [1.165, 1.54) is 6.08 Å². The maximum atomic E-state index is 11.9. The SMILES string of the molecule is CC(C)Oc1ccc(CNC(=S)NC(=O)/C=C/c2ccc(Cl)cc2)cc1. The number of hydrogen-bond acceptors (Lipinski definition) is 3. The van der Waals surface area contributed by atoms with Gasteiger partial charge in [0.05, 0.1) is 6.10 Å². The average Bonchev–Trinajstić information content (AvgIpc) is 2.60. The van der Waals surface area contributed by atoms with Gasteiger partial charge in [0.15, 0.2) is 5.11 Å². The minimum Gasteiger partial charge on any atom is -0.491 e. The number of rotatable bonds is 6. The summed E-state index contributed by atoms with van der Waals surface area (Å²) in [5, 5.41) is 6.55. The Morgan fingerprint density at radius 2 is 1.81 bits per heavy atom. The Kier molecular flexibility index (Phi) is 7.63. The van der Waals surface area contributed by atoms with Crippen LogP contribution in [0.3, 0.4) is 0 Å². The molecule has 0 atom stereocenters. The zero-order valence-corrected chi connectivity index (χ0v) is 16.2. The van der Waals surface area contributed by atoms with E-state index in [1.54, 1.807) is 18.2 Å². The number of thiocarbonyl (C=S) groups is 1. The van der Waals surface area contributed by atoms with Gasteiger partial charge >= 0.3 is 0 Å². The van der Waals surface area contributed by atoms with Gasteiger partial charge in [-0.15, -0.1) is 0 Å². The molecule has 2 N–H and O–H groups in total. The third-order valence-corrected chi connectivity index (χ3v) is 3.78. The van der Waals surface area contributed by atoms with Crippen molar-refractivity contribution in [2.24, 2.45) is 0 Å². The third kappa shape index (κ3) is 7.25. The zero-order chi connectivity index (χ0) is 18.9. The molecule has 2 aromatic carbocycles. The Hall–Kier alpha value is -2.37. The Morgan fingerprint density at radius 1 is 1.15 bits per heavy atom. The first-order valence-corrected chi connectivity index (χ1v) is 8.99. The molecule has 0 heterocycles. The van der Waals surface area contributed by atoms with Gasteiger partial charge in [0, 0.05) is 17.6 Å². The predicted molar refractivity (Wildman–Crippen MR) is 110 cm³/mol. The van der Waals surface area contributed by atoms with Gasteiger partial charge < -0.3 is 10.1 Å². The predicted octanol–water partition coefficient (Wildman–Crippen LogP) is 4.33. The van der Waals surface area contributed by atoms with Crippen molar-refractivity contribution in [2.75, 3.05) is 0 Å². The van der Waals surface area contributed by atoms with Crippen LogP contribution in [0.5, 0.6) is 5.75 Å². The minimum atomic E-state index is -0.293. The number of hydrogen-bond donors (Lipinski definition) is 2. The Labute approximate surface area is 164 Å². The Morgan fingerprint density at radius 3 is 2.42 bits per heavy atom. The van der Waals surface area contributed by atoms with Crippen molar-refractivity contribution >= 4 is 40.9 Å². The molecule has 4 nitrogen and oxygen atoms in total. The van der Waals surface area contributed by atoms with Gasteiger partial charge in [-0.2, -0.15) is 0 Å². The molecule has 2 aromatic rings. The molecule has 6 heteroatoms. The van der Waals surface area contributed by atoms with E-state index < -0.39 is 0 Å². The Bertz CT molecular complexity index is 771. The van der Waals surface area contributed by atoms with Crippen LogP contribution < -0.4 is 15.4 Å². The molecule has 0 saturated heterocycles. The van der Waals surface area contributed by atoms with E-state index in [2.05, 4.69) is 10.6 Å². The third-order valence-electron chi connectivity index (χ3n) is 3.28. The van der Waals surface area contributed by atoms with Crippen molar-refractivity contribution in [3.05, 3.63) is 70.8 Å². The molecular weight excluding hydrogens is 368 g/mol. The molecule has 0 unspecified atom stereocenters. The van der Waals surface area contributed by atoms with Gasteiger partial charge in [0.2, 0.25) is 5.91 Å². The molecule has 0 radical (unpaired) electrons. The summed E-state index contributed by atoms with van der Waals surface area (Å²) in [6.45, 7) is 4.48. The molecule has 2 rings (SSSR count). The van der Waals surface area contributed by atoms with Crippen molar-refractivity contribution in [3.8, 4) is 5.75 Å². The topological polar surface area (TPSA) is 50.4 Å². The molecule has 0 bridgehead atoms. The van der Waals surface area contributed by atoms with Crippen molar-refractivity contribution in [1.82, 2.24) is 10.6 Å². The molecular formula is C20H21ClN2O2S. The van der Waals surface area contributed by atoms with E-state index in [4.69, 9.17) is 28.6 Å². The normalized spacial score (nSPS) is 10.8. The van der Waals surface area contributed by atoms with E-state index in [0.717, 1.165) is 16.9 Å². The largest absolute Gasteiger partial charge is 0.491 e. The first kappa shape index (κ1) is 19.9. The maximum absolute atomic E-state index is 11.9. The standard InChI is InChI=1S/C20H21ClN2O2S/c1-14(2)25-18-10-5-16(6-11-18)13-22-20(26)23-19(24)12-7-15-3-8-17(21)9-4-15/h3-12,14H,13H2,1-2H3,(H2,22,23,24,26)/b12-7+. The van der Waals surface area contributed by atoms with E-state index in [9.17, 15) is 4.79 Å². The molecule has 1 amide bonds. The summed E-state index contributed by atoms with van der Waals surface area (Å²) in [7, 11) is 0. The highest BCUT2D eigenvalue weighted by Crippen LogP contribution is 2.13. The molecule has 0 fully saturated rings. The summed E-state index contributed by atoms with van der Waals surface area (Å²) in [6, 6.07) is 14.9. The molecule has 26 heavy (non-hydrogen) atoms. The second-order valence-corrected chi connectivity index (χ2v) is 6.71. The Balaban J connectivity index is 1.77. The number of carbonyl (C=O) groups excluding carboxylic acids is 1. The maximum Gasteiger partial charge on any atom is 0.250 e. The van der Waals surface area contributed by atoms with Crippen LogP contribution in [0.25, 0.3) is 6.08 Å². The van der Waals surface area contributed by atoms with Crippen molar-refractivity contribution in [2.45, 2.75) is 26.5 Å². The highest BCUT2D eigenvalue weighted by molar-refractivity contribution is 7.80. The van der Waals surface area contributed by atoms with E-state index >= 15 is 0 Å². The van der Waals surface area contributed by atoms with E-state index in [1.807, 2.05) is 50.2 Å². The smallest absolute Gasteiger partial charge is 0.250 e. The molecule has 0 aliphatic carbocycles. The highest BCUT2D eigenvalue weighted by atomic mass is 35.5. The fourth-order valence-electron chi connectivity index (χ4n) is 2.08. The summed E-state index contributed by atoms with van der Waals surface area (Å²) < 4.78 is 5.60. The molecule has 0 spiro atoms. The van der Waals surface area contributed by atoms with Gasteiger partial charge in [-0.1, -0.05) is 35.9 Å². The molecule has 0 saturated carbocycles. The van der Waals surface area contributed by atoms with Crippen LogP contribution >= 0.6 is 23.8 Å². The number of halogens is 1. The summed E-state index contributed by atoms with van der Waals surface area (Å²) in [4.78, 5) is 11.9. The van der Waals surface area contributed by atoms with Crippen LogP contribution in [0.1, 0.15) is 25.0 Å². The summed E-state index contributed by atoms with van der Waals surface area (Å²) in [5.41, 5.74) is 1.92. The second kappa shape index (κ2) is 9.94. The van der Waals surface area contributed by atoms with E-state index in [0.29, 0.717) is 11.6 Å². The first-order chi connectivity index (χ1) is 12.4. The fraction of sp³-hybridized carbons (Fsp3) is 0.200. The van der Waals surface area contributed by atoms with Crippen LogP contribution in [-0.2, 0) is 11.3 Å². The van der Waals surface area contributed by atoms with Crippen LogP contribution in [0.2, 0.25) is 5.02 Å². The lowest BCUT2D eigenvalue weighted by Gasteiger charge is -2.11. The summed E-state index contributed by atoms with van der Waals surface area (Å²) in [5.74, 6) is 0.532. The lowest BCUT2D eigenvalue weighted by atomic mass is 10.2. The van der Waals surface area contributed by atoms with Gasteiger partial charge in [-0.25, -0.2) is 0 Å². The van der Waals surface area contributed by atoms with Crippen LogP contribution in [-0.4, -0.2) is 17.1 Å². The summed E-state index contributed by atoms with van der Waals surface area (Å²) in [6.07, 6.45) is 3.26. The lowest BCUT2D eigenvalue weighted by Crippen LogP contribution is -2.37. The fourth-order valence-corrected chi connectivity index (χ4v) is 2.38.